The number of carbonyl (C=O) groups is 1. The van der Waals surface area contributed by atoms with Crippen molar-refractivity contribution in [3.63, 3.8) is 0 Å². The molecule has 134 valence electrons. The molecule has 1 N–H and O–H groups in total. The van der Waals surface area contributed by atoms with Crippen molar-refractivity contribution in [2.45, 2.75) is 26.0 Å². The van der Waals surface area contributed by atoms with Crippen molar-refractivity contribution in [3.8, 4) is 0 Å². The SMILES string of the molecule is Cc1cccn2c(CN3CC[C@H](O)C3)c(C(=O)N3CCOCC3)nc12. The first-order chi connectivity index (χ1) is 12.1. The van der Waals surface area contributed by atoms with Gasteiger partial charge in [0.1, 0.15) is 5.65 Å². The number of ether oxygens (including phenoxy) is 1. The molecule has 2 fully saturated rings. The molecule has 4 heterocycles. The van der Waals surface area contributed by atoms with E-state index < -0.39 is 0 Å². The summed E-state index contributed by atoms with van der Waals surface area (Å²) in [5.41, 5.74) is 3.31. The Labute approximate surface area is 146 Å². The second-order valence-corrected chi connectivity index (χ2v) is 6.87. The van der Waals surface area contributed by atoms with Crippen LogP contribution >= 0.6 is 0 Å². The average Bonchev–Trinajstić information content (AvgIpc) is 3.20. The highest BCUT2D eigenvalue weighted by atomic mass is 16.5. The third-order valence-electron chi connectivity index (χ3n) is 5.07. The van der Waals surface area contributed by atoms with Crippen LogP contribution in [0.3, 0.4) is 0 Å². The Morgan fingerprint density at radius 2 is 2.16 bits per heavy atom. The lowest BCUT2D eigenvalue weighted by molar-refractivity contribution is 0.0298. The molecule has 0 unspecified atom stereocenters. The Morgan fingerprint density at radius 1 is 1.36 bits per heavy atom. The maximum Gasteiger partial charge on any atom is 0.274 e. The van der Waals surface area contributed by atoms with Crippen molar-refractivity contribution < 1.29 is 14.6 Å². The number of likely N-dealkylation sites (tertiary alicyclic amines) is 1. The molecule has 0 bridgehead atoms. The average molecular weight is 344 g/mol. The molecule has 7 nitrogen and oxygen atoms in total. The number of aliphatic hydroxyl groups excluding tert-OH is 1. The third kappa shape index (κ3) is 3.15. The predicted octanol–water partition coefficient (Wildman–Crippen LogP) is 0.682. The number of morpholine rings is 1. The normalized spacial score (nSPS) is 22.0. The first-order valence-electron chi connectivity index (χ1n) is 8.87. The molecular formula is C18H24N4O3. The molecule has 1 amide bonds. The highest BCUT2D eigenvalue weighted by molar-refractivity contribution is 5.94. The number of carbonyl (C=O) groups excluding carboxylic acids is 1. The van der Waals surface area contributed by atoms with Gasteiger partial charge >= 0.3 is 0 Å². The summed E-state index contributed by atoms with van der Waals surface area (Å²) in [5.74, 6) is -0.0267. The largest absolute Gasteiger partial charge is 0.392 e. The molecule has 0 saturated carbocycles. The second-order valence-electron chi connectivity index (χ2n) is 6.87. The molecule has 1 atom stereocenters. The van der Waals surface area contributed by atoms with Gasteiger partial charge in [-0.3, -0.25) is 9.69 Å². The van der Waals surface area contributed by atoms with Gasteiger partial charge in [-0.2, -0.15) is 0 Å². The van der Waals surface area contributed by atoms with Crippen LogP contribution in [-0.2, 0) is 11.3 Å². The summed E-state index contributed by atoms with van der Waals surface area (Å²) in [6, 6.07) is 3.99. The minimum Gasteiger partial charge on any atom is -0.392 e. The summed E-state index contributed by atoms with van der Waals surface area (Å²) in [4.78, 5) is 21.8. The molecular weight excluding hydrogens is 320 g/mol. The van der Waals surface area contributed by atoms with Crippen LogP contribution in [-0.4, -0.2) is 75.7 Å². The number of aliphatic hydroxyl groups is 1. The van der Waals surface area contributed by atoms with Crippen molar-refractivity contribution in [1.29, 1.82) is 0 Å². The lowest BCUT2D eigenvalue weighted by Gasteiger charge is -2.26. The number of β-amino-alcohol motifs (C(OH)–C–C–N with tert-alkyl or cyclic N) is 1. The van der Waals surface area contributed by atoms with Gasteiger partial charge in [0.05, 0.1) is 25.0 Å². The zero-order valence-electron chi connectivity index (χ0n) is 14.5. The van der Waals surface area contributed by atoms with Crippen LogP contribution in [0.25, 0.3) is 5.65 Å². The molecule has 0 aromatic carbocycles. The number of nitrogens with zero attached hydrogens (tertiary/aromatic N) is 4. The molecule has 0 aliphatic carbocycles. The smallest absolute Gasteiger partial charge is 0.274 e. The summed E-state index contributed by atoms with van der Waals surface area (Å²) in [6.07, 6.45) is 2.47. The van der Waals surface area contributed by atoms with Crippen LogP contribution in [0.2, 0.25) is 0 Å². The number of aryl methyl sites for hydroxylation is 1. The number of imidazole rings is 1. The quantitative estimate of drug-likeness (QED) is 0.887. The van der Waals surface area contributed by atoms with Gasteiger partial charge in [0.25, 0.3) is 5.91 Å². The lowest BCUT2D eigenvalue weighted by atomic mass is 10.2. The number of rotatable bonds is 3. The van der Waals surface area contributed by atoms with E-state index in [1.165, 1.54) is 0 Å². The molecule has 0 radical (unpaired) electrons. The van der Waals surface area contributed by atoms with E-state index in [0.29, 0.717) is 45.1 Å². The molecule has 0 spiro atoms. The fraction of sp³-hybridized carbons (Fsp3) is 0.556. The Balaban J connectivity index is 1.72. The predicted molar refractivity (Wildman–Crippen MR) is 92.6 cm³/mol. The molecule has 2 aromatic rings. The number of amides is 1. The van der Waals surface area contributed by atoms with Gasteiger partial charge in [0, 0.05) is 38.9 Å². The van der Waals surface area contributed by atoms with E-state index in [4.69, 9.17) is 9.72 Å². The van der Waals surface area contributed by atoms with Gasteiger partial charge in [-0.1, -0.05) is 6.07 Å². The van der Waals surface area contributed by atoms with E-state index >= 15 is 0 Å². The van der Waals surface area contributed by atoms with Gasteiger partial charge in [0.15, 0.2) is 5.69 Å². The highest BCUT2D eigenvalue weighted by Crippen LogP contribution is 2.21. The van der Waals surface area contributed by atoms with E-state index in [0.717, 1.165) is 29.9 Å². The van der Waals surface area contributed by atoms with Crippen molar-refractivity contribution in [1.82, 2.24) is 19.2 Å². The molecule has 25 heavy (non-hydrogen) atoms. The van der Waals surface area contributed by atoms with Crippen LogP contribution in [0, 0.1) is 6.92 Å². The lowest BCUT2D eigenvalue weighted by Crippen LogP contribution is -2.41. The molecule has 2 aliphatic heterocycles. The maximum atomic E-state index is 13.1. The number of hydrogen-bond donors (Lipinski definition) is 1. The monoisotopic (exact) mass is 344 g/mol. The van der Waals surface area contributed by atoms with Gasteiger partial charge < -0.3 is 19.1 Å². The van der Waals surface area contributed by atoms with E-state index in [2.05, 4.69) is 4.90 Å². The van der Waals surface area contributed by atoms with Gasteiger partial charge in [-0.25, -0.2) is 4.98 Å². The maximum absolute atomic E-state index is 13.1. The topological polar surface area (TPSA) is 70.3 Å². The summed E-state index contributed by atoms with van der Waals surface area (Å²) in [5, 5.41) is 9.81. The molecule has 4 rings (SSSR count). The number of fused-ring (bicyclic) bond motifs is 1. The van der Waals surface area contributed by atoms with Crippen LogP contribution < -0.4 is 0 Å². The second kappa shape index (κ2) is 6.74. The van der Waals surface area contributed by atoms with Gasteiger partial charge in [-0.05, 0) is 25.0 Å². The van der Waals surface area contributed by atoms with Gasteiger partial charge in [0.2, 0.25) is 0 Å². The van der Waals surface area contributed by atoms with Crippen molar-refractivity contribution in [2.24, 2.45) is 0 Å². The van der Waals surface area contributed by atoms with Crippen LogP contribution in [0.15, 0.2) is 18.3 Å². The molecule has 2 aliphatic rings. The molecule has 2 aromatic heterocycles. The minimum absolute atomic E-state index is 0.0267. The van der Waals surface area contributed by atoms with Gasteiger partial charge in [-0.15, -0.1) is 0 Å². The van der Waals surface area contributed by atoms with E-state index in [1.54, 1.807) is 0 Å². The number of pyridine rings is 1. The first-order valence-corrected chi connectivity index (χ1v) is 8.87. The number of aromatic nitrogens is 2. The molecule has 7 heteroatoms. The van der Waals surface area contributed by atoms with E-state index in [1.807, 2.05) is 34.6 Å². The summed E-state index contributed by atoms with van der Waals surface area (Å²) >= 11 is 0. The van der Waals surface area contributed by atoms with Crippen LogP contribution in [0.5, 0.6) is 0 Å². The van der Waals surface area contributed by atoms with Crippen LogP contribution in [0.4, 0.5) is 0 Å². The van der Waals surface area contributed by atoms with Crippen molar-refractivity contribution in [3.05, 3.63) is 35.3 Å². The fourth-order valence-electron chi connectivity index (χ4n) is 3.66. The van der Waals surface area contributed by atoms with Crippen molar-refractivity contribution >= 4 is 11.6 Å². The zero-order valence-corrected chi connectivity index (χ0v) is 14.5. The summed E-state index contributed by atoms with van der Waals surface area (Å²) < 4.78 is 7.38. The van der Waals surface area contributed by atoms with E-state index in [-0.39, 0.29) is 12.0 Å². The molecule has 2 saturated heterocycles. The third-order valence-corrected chi connectivity index (χ3v) is 5.07. The summed E-state index contributed by atoms with van der Waals surface area (Å²) in [7, 11) is 0. The minimum atomic E-state index is -0.278. The standard InChI is InChI=1S/C18H24N4O3/c1-13-3-2-5-22-15(12-20-6-4-14(23)11-20)16(19-17(13)22)18(24)21-7-9-25-10-8-21/h2-3,5,14,23H,4,6-12H2,1H3/t14-/m0/s1. The van der Waals surface area contributed by atoms with Crippen LogP contribution in [0.1, 0.15) is 28.2 Å². The Morgan fingerprint density at radius 3 is 2.88 bits per heavy atom. The van der Waals surface area contributed by atoms with E-state index in [9.17, 15) is 9.90 Å². The number of hydrogen-bond acceptors (Lipinski definition) is 5. The zero-order chi connectivity index (χ0) is 17.4. The Hall–Kier alpha value is -1.96. The Kier molecular flexibility index (Phi) is 4.45. The Bertz CT molecular complexity index is 782. The van der Waals surface area contributed by atoms with Crippen molar-refractivity contribution in [2.75, 3.05) is 39.4 Å². The fourth-order valence-corrected chi connectivity index (χ4v) is 3.66. The first kappa shape index (κ1) is 16.5. The highest BCUT2D eigenvalue weighted by Gasteiger charge is 2.28. The summed E-state index contributed by atoms with van der Waals surface area (Å²) in [6.45, 7) is 6.47.